The van der Waals surface area contributed by atoms with E-state index in [4.69, 9.17) is 23.2 Å². The van der Waals surface area contributed by atoms with E-state index < -0.39 is 0 Å². The molecule has 3 heteroatoms. The smallest absolute Gasteiger partial charge is 0.0595 e. The summed E-state index contributed by atoms with van der Waals surface area (Å²) >= 11 is 12.2. The van der Waals surface area contributed by atoms with E-state index in [0.29, 0.717) is 22.0 Å². The van der Waals surface area contributed by atoms with Crippen LogP contribution in [0.4, 0.5) is 0 Å². The lowest BCUT2D eigenvalue weighted by molar-refractivity contribution is 0.494. The predicted octanol–water partition coefficient (Wildman–Crippen LogP) is 5.74. The highest BCUT2D eigenvalue weighted by Crippen LogP contribution is 2.42. The number of hydrogen-bond donors (Lipinski definition) is 1. The minimum absolute atomic E-state index is 0.409. The van der Waals surface area contributed by atoms with Gasteiger partial charge in [-0.15, -0.1) is 0 Å². The van der Waals surface area contributed by atoms with Crippen LogP contribution in [0.1, 0.15) is 44.6 Å². The van der Waals surface area contributed by atoms with E-state index in [1.54, 1.807) is 0 Å². The van der Waals surface area contributed by atoms with E-state index in [1.165, 1.54) is 16.7 Å². The zero-order valence-corrected chi connectivity index (χ0v) is 14.4. The molecule has 21 heavy (non-hydrogen) atoms. The average Bonchev–Trinajstić information content (AvgIpc) is 2.50. The second-order valence-corrected chi connectivity index (χ2v) is 6.27. The molecule has 1 saturated carbocycles. The van der Waals surface area contributed by atoms with Crippen LogP contribution in [0, 0.1) is 0 Å². The first kappa shape index (κ1) is 16.6. The number of allylic oxidation sites excluding steroid dienone is 2. The molecule has 114 valence electrons. The zero-order valence-electron chi connectivity index (χ0n) is 12.9. The van der Waals surface area contributed by atoms with Crippen molar-refractivity contribution < 1.29 is 0 Å². The molecule has 1 aliphatic rings. The Bertz CT molecular complexity index is 560. The van der Waals surface area contributed by atoms with Crippen molar-refractivity contribution in [2.24, 2.45) is 0 Å². The van der Waals surface area contributed by atoms with Gasteiger partial charge in [0.1, 0.15) is 0 Å². The lowest BCUT2D eigenvalue weighted by Gasteiger charge is -2.34. The maximum atomic E-state index is 6.20. The molecule has 1 N–H and O–H groups in total. The standard InChI is InChI=1S/C18H23Cl2N/c1-4-6-15-13(5-2)14(8-10-18(15)21-3)12-7-9-16(19)17(20)11-12/h5-7,9,11,14,18,21H,4,8,10H2,1-3H3/b13-5?,15-6+/t14-,18-/m0/s1. The summed E-state index contributed by atoms with van der Waals surface area (Å²) in [6.45, 7) is 4.32. The Kier molecular flexibility index (Phi) is 5.92. The maximum absolute atomic E-state index is 6.20. The number of rotatable bonds is 3. The summed E-state index contributed by atoms with van der Waals surface area (Å²) in [5.74, 6) is 0.409. The number of benzene rings is 1. The van der Waals surface area contributed by atoms with Gasteiger partial charge in [-0.3, -0.25) is 0 Å². The van der Waals surface area contributed by atoms with Crippen molar-refractivity contribution in [3.05, 3.63) is 57.1 Å². The quantitative estimate of drug-likeness (QED) is 0.747. The van der Waals surface area contributed by atoms with Gasteiger partial charge < -0.3 is 5.32 Å². The zero-order chi connectivity index (χ0) is 15.4. The van der Waals surface area contributed by atoms with Crippen LogP contribution in [0.15, 0.2) is 41.5 Å². The summed E-state index contributed by atoms with van der Waals surface area (Å²) in [5, 5.41) is 4.70. The molecule has 1 aromatic carbocycles. The van der Waals surface area contributed by atoms with Gasteiger partial charge in [-0.1, -0.05) is 48.3 Å². The van der Waals surface area contributed by atoms with Crippen molar-refractivity contribution in [2.45, 2.75) is 45.1 Å². The van der Waals surface area contributed by atoms with E-state index in [2.05, 4.69) is 37.4 Å². The highest BCUT2D eigenvalue weighted by Gasteiger charge is 2.29. The lowest BCUT2D eigenvalue weighted by atomic mass is 9.74. The van der Waals surface area contributed by atoms with Gasteiger partial charge in [0.25, 0.3) is 0 Å². The van der Waals surface area contributed by atoms with Gasteiger partial charge in [0.05, 0.1) is 10.0 Å². The first-order valence-corrected chi connectivity index (χ1v) is 8.36. The van der Waals surface area contributed by atoms with Crippen LogP contribution in [0.25, 0.3) is 0 Å². The molecule has 0 aromatic heterocycles. The van der Waals surface area contributed by atoms with Crippen molar-refractivity contribution >= 4 is 23.2 Å². The lowest BCUT2D eigenvalue weighted by Crippen LogP contribution is -2.33. The molecule has 0 radical (unpaired) electrons. The molecule has 1 nitrogen and oxygen atoms in total. The van der Waals surface area contributed by atoms with Crippen molar-refractivity contribution in [2.75, 3.05) is 7.05 Å². The maximum Gasteiger partial charge on any atom is 0.0595 e. The molecule has 0 bridgehead atoms. The first-order chi connectivity index (χ1) is 10.1. The second kappa shape index (κ2) is 7.49. The predicted molar refractivity (Wildman–Crippen MR) is 93.4 cm³/mol. The molecule has 1 aliphatic carbocycles. The van der Waals surface area contributed by atoms with Crippen LogP contribution in [0.2, 0.25) is 10.0 Å². The molecule has 0 heterocycles. The Hall–Kier alpha value is -0.760. The minimum Gasteiger partial charge on any atom is -0.313 e. The van der Waals surface area contributed by atoms with Crippen LogP contribution in [0.3, 0.4) is 0 Å². The number of nitrogens with one attached hydrogen (secondary N) is 1. The Balaban J connectivity index is 2.40. The molecule has 0 aliphatic heterocycles. The van der Waals surface area contributed by atoms with Crippen LogP contribution < -0.4 is 5.32 Å². The van der Waals surface area contributed by atoms with Crippen molar-refractivity contribution in [3.8, 4) is 0 Å². The van der Waals surface area contributed by atoms with Gasteiger partial charge >= 0.3 is 0 Å². The Labute approximate surface area is 138 Å². The molecule has 2 rings (SSSR count). The van der Waals surface area contributed by atoms with Crippen LogP contribution in [0.5, 0.6) is 0 Å². The fourth-order valence-electron chi connectivity index (χ4n) is 3.27. The fourth-order valence-corrected chi connectivity index (χ4v) is 3.58. The summed E-state index contributed by atoms with van der Waals surface area (Å²) in [4.78, 5) is 0. The topological polar surface area (TPSA) is 12.0 Å². The fraction of sp³-hybridized carbons (Fsp3) is 0.444. The normalized spacial score (nSPS) is 26.5. The van der Waals surface area contributed by atoms with E-state index in [9.17, 15) is 0 Å². The molecule has 2 atom stereocenters. The third-order valence-electron chi connectivity index (χ3n) is 4.26. The Morgan fingerprint density at radius 2 is 1.95 bits per heavy atom. The summed E-state index contributed by atoms with van der Waals surface area (Å²) in [7, 11) is 2.04. The number of likely N-dealkylation sites (N-methyl/N-ethyl adjacent to an activating group) is 1. The summed E-state index contributed by atoms with van der Waals surface area (Å²) in [6.07, 6.45) is 7.92. The highest BCUT2D eigenvalue weighted by molar-refractivity contribution is 6.42. The van der Waals surface area contributed by atoms with Crippen molar-refractivity contribution in [1.29, 1.82) is 0 Å². The summed E-state index contributed by atoms with van der Waals surface area (Å²) in [6, 6.07) is 6.47. The monoisotopic (exact) mass is 323 g/mol. The van der Waals surface area contributed by atoms with Gasteiger partial charge in [0.15, 0.2) is 0 Å². The van der Waals surface area contributed by atoms with Gasteiger partial charge in [-0.25, -0.2) is 0 Å². The largest absolute Gasteiger partial charge is 0.313 e. The number of halogens is 2. The van der Waals surface area contributed by atoms with E-state index >= 15 is 0 Å². The van der Waals surface area contributed by atoms with E-state index in [0.717, 1.165) is 19.3 Å². The Morgan fingerprint density at radius 3 is 2.52 bits per heavy atom. The van der Waals surface area contributed by atoms with Crippen LogP contribution >= 0.6 is 23.2 Å². The highest BCUT2D eigenvalue weighted by atomic mass is 35.5. The van der Waals surface area contributed by atoms with Crippen molar-refractivity contribution in [3.63, 3.8) is 0 Å². The molecular formula is C18H23Cl2N. The summed E-state index contributed by atoms with van der Waals surface area (Å²) < 4.78 is 0. The molecule has 0 spiro atoms. The third kappa shape index (κ3) is 3.53. The second-order valence-electron chi connectivity index (χ2n) is 5.46. The third-order valence-corrected chi connectivity index (χ3v) is 5.00. The van der Waals surface area contributed by atoms with Crippen molar-refractivity contribution in [1.82, 2.24) is 5.32 Å². The van der Waals surface area contributed by atoms with E-state index in [1.807, 2.05) is 19.2 Å². The summed E-state index contributed by atoms with van der Waals surface area (Å²) in [5.41, 5.74) is 4.11. The molecule has 1 fully saturated rings. The first-order valence-electron chi connectivity index (χ1n) is 7.61. The van der Waals surface area contributed by atoms with Gasteiger partial charge in [0, 0.05) is 12.0 Å². The molecule has 0 unspecified atom stereocenters. The van der Waals surface area contributed by atoms with Crippen LogP contribution in [-0.4, -0.2) is 13.1 Å². The Morgan fingerprint density at radius 1 is 1.19 bits per heavy atom. The number of hydrogen-bond acceptors (Lipinski definition) is 1. The van der Waals surface area contributed by atoms with Gasteiger partial charge in [-0.05, 0) is 62.1 Å². The van der Waals surface area contributed by atoms with E-state index in [-0.39, 0.29) is 0 Å². The van der Waals surface area contributed by atoms with Gasteiger partial charge in [0.2, 0.25) is 0 Å². The molecule has 0 amide bonds. The van der Waals surface area contributed by atoms with Gasteiger partial charge in [-0.2, -0.15) is 0 Å². The molecule has 1 aromatic rings. The van der Waals surface area contributed by atoms with Crippen LogP contribution in [-0.2, 0) is 0 Å². The average molecular weight is 324 g/mol. The molecule has 0 saturated heterocycles. The SMILES string of the molecule is CC=C1/C(=C\CC)[C@@H](NC)CC[C@H]1c1ccc(Cl)c(Cl)c1. The molecular weight excluding hydrogens is 301 g/mol. The minimum atomic E-state index is 0.409.